The van der Waals surface area contributed by atoms with Gasteiger partial charge in [0.25, 0.3) is 0 Å². The van der Waals surface area contributed by atoms with E-state index in [1.165, 1.54) is 12.5 Å². The predicted molar refractivity (Wildman–Crippen MR) is 99.2 cm³/mol. The Bertz CT molecular complexity index is 574. The maximum Gasteiger partial charge on any atom is 0.352 e. The molecule has 1 saturated carbocycles. The maximum absolute atomic E-state index is 14.5. The summed E-state index contributed by atoms with van der Waals surface area (Å²) in [4.78, 5) is 0. The first kappa shape index (κ1) is 20.6. The Hall–Kier alpha value is -0.740. The van der Waals surface area contributed by atoms with Crippen molar-refractivity contribution in [3.8, 4) is 0 Å². The molecule has 0 amide bonds. The minimum absolute atomic E-state index is 0.193. The lowest BCUT2D eigenvalue weighted by atomic mass is 9.95. The van der Waals surface area contributed by atoms with E-state index in [-0.39, 0.29) is 18.2 Å². The number of benzene rings is 1. The van der Waals surface area contributed by atoms with Crippen LogP contribution >= 0.6 is 7.60 Å². The van der Waals surface area contributed by atoms with Crippen molar-refractivity contribution >= 4 is 7.60 Å². The number of halogens is 1. The third-order valence-electron chi connectivity index (χ3n) is 4.23. The van der Waals surface area contributed by atoms with Crippen LogP contribution in [0, 0.1) is 5.82 Å². The van der Waals surface area contributed by atoms with Gasteiger partial charge < -0.3 is 9.05 Å². The molecule has 0 aliphatic heterocycles. The first-order valence-electron chi connectivity index (χ1n) is 9.29. The van der Waals surface area contributed by atoms with Crippen molar-refractivity contribution in [2.45, 2.75) is 83.8 Å². The van der Waals surface area contributed by atoms with Gasteiger partial charge in [-0.2, -0.15) is 0 Å². The largest absolute Gasteiger partial charge is 0.352 e. The fourth-order valence-electron chi connectivity index (χ4n) is 3.28. The Labute approximate surface area is 151 Å². The molecule has 0 heterocycles. The van der Waals surface area contributed by atoms with Crippen molar-refractivity contribution in [3.63, 3.8) is 0 Å². The zero-order chi connectivity index (χ0) is 18.4. The summed E-state index contributed by atoms with van der Waals surface area (Å²) in [7, 11) is -3.61. The van der Waals surface area contributed by atoms with Gasteiger partial charge in [0.2, 0.25) is 0 Å². The molecule has 1 aromatic carbocycles. The van der Waals surface area contributed by atoms with E-state index in [0.717, 1.165) is 25.7 Å². The molecule has 142 valence electrons. The maximum atomic E-state index is 14.5. The summed E-state index contributed by atoms with van der Waals surface area (Å²) >= 11 is 0. The van der Waals surface area contributed by atoms with E-state index in [4.69, 9.17) is 9.05 Å². The second-order valence-electron chi connectivity index (χ2n) is 7.27. The van der Waals surface area contributed by atoms with E-state index in [2.05, 4.69) is 5.32 Å². The number of nitrogens with one attached hydrogen (secondary N) is 1. The Morgan fingerprint density at radius 2 is 1.60 bits per heavy atom. The van der Waals surface area contributed by atoms with E-state index in [1.54, 1.807) is 18.2 Å². The molecule has 0 spiro atoms. The van der Waals surface area contributed by atoms with Crippen LogP contribution in [0.25, 0.3) is 0 Å². The Balaban J connectivity index is 2.39. The predicted octanol–water partition coefficient (Wildman–Crippen LogP) is 5.79. The van der Waals surface area contributed by atoms with Gasteiger partial charge in [-0.25, -0.2) is 4.39 Å². The van der Waals surface area contributed by atoms with Gasteiger partial charge >= 0.3 is 7.60 Å². The molecule has 1 aliphatic rings. The van der Waals surface area contributed by atoms with Gasteiger partial charge in [-0.15, -0.1) is 0 Å². The molecule has 0 bridgehead atoms. The fraction of sp³-hybridized carbons (Fsp3) is 0.684. The molecule has 1 aromatic rings. The van der Waals surface area contributed by atoms with E-state index >= 15 is 0 Å². The highest BCUT2D eigenvalue weighted by Crippen LogP contribution is 2.61. The van der Waals surface area contributed by atoms with Gasteiger partial charge in [-0.05, 0) is 46.6 Å². The molecule has 1 N–H and O–H groups in total. The molecular weight excluding hydrogens is 340 g/mol. The third-order valence-corrected chi connectivity index (χ3v) is 6.72. The van der Waals surface area contributed by atoms with Gasteiger partial charge in [-0.3, -0.25) is 9.88 Å². The fourth-order valence-corrected chi connectivity index (χ4v) is 5.69. The van der Waals surface area contributed by atoms with Gasteiger partial charge in [0.15, 0.2) is 0 Å². The number of hydrogen-bond acceptors (Lipinski definition) is 4. The van der Waals surface area contributed by atoms with E-state index < -0.39 is 19.2 Å². The molecule has 2 rings (SSSR count). The molecular formula is C19H31FNO3P. The Morgan fingerprint density at radius 1 is 1.04 bits per heavy atom. The summed E-state index contributed by atoms with van der Waals surface area (Å²) < 4.78 is 39.7. The van der Waals surface area contributed by atoms with Crippen molar-refractivity contribution in [3.05, 3.63) is 35.6 Å². The molecule has 0 saturated heterocycles. The minimum Gasteiger partial charge on any atom is -0.304 e. The lowest BCUT2D eigenvalue weighted by Crippen LogP contribution is -2.36. The summed E-state index contributed by atoms with van der Waals surface area (Å²) in [5.41, 5.74) is 0.345. The average molecular weight is 371 g/mol. The highest BCUT2D eigenvalue weighted by Gasteiger charge is 2.41. The van der Waals surface area contributed by atoms with Gasteiger partial charge in [0.05, 0.1) is 12.2 Å². The zero-order valence-electron chi connectivity index (χ0n) is 15.7. The normalized spacial score (nSPS) is 18.0. The topological polar surface area (TPSA) is 47.6 Å². The number of hydrogen-bond donors (Lipinski definition) is 1. The molecule has 0 aromatic heterocycles. The average Bonchev–Trinajstić information content (AvgIpc) is 2.53. The monoisotopic (exact) mass is 371 g/mol. The van der Waals surface area contributed by atoms with Crippen LogP contribution < -0.4 is 5.32 Å². The SMILES string of the molecule is CC(C)OP(=O)(OC(C)C)[C@@H](NC1CCCCC1)c1ccccc1F. The van der Waals surface area contributed by atoms with Gasteiger partial charge in [-0.1, -0.05) is 37.5 Å². The van der Waals surface area contributed by atoms with E-state index in [9.17, 15) is 8.96 Å². The minimum atomic E-state index is -3.61. The molecule has 6 heteroatoms. The second-order valence-corrected chi connectivity index (χ2v) is 9.29. The summed E-state index contributed by atoms with van der Waals surface area (Å²) in [6.07, 6.45) is 4.89. The third kappa shape index (κ3) is 5.89. The van der Waals surface area contributed by atoms with Crippen molar-refractivity contribution in [1.29, 1.82) is 0 Å². The molecule has 0 unspecified atom stereocenters. The van der Waals surface area contributed by atoms with Crippen molar-refractivity contribution < 1.29 is 18.0 Å². The Kier molecular flexibility index (Phi) is 7.63. The van der Waals surface area contributed by atoms with Crippen molar-refractivity contribution in [1.82, 2.24) is 5.32 Å². The van der Waals surface area contributed by atoms with Crippen LogP contribution in [0.15, 0.2) is 24.3 Å². The Morgan fingerprint density at radius 3 is 2.12 bits per heavy atom. The van der Waals surface area contributed by atoms with Gasteiger partial charge in [0, 0.05) is 11.6 Å². The first-order valence-corrected chi connectivity index (χ1v) is 10.9. The van der Waals surface area contributed by atoms with Crippen molar-refractivity contribution in [2.24, 2.45) is 0 Å². The van der Waals surface area contributed by atoms with Crippen LogP contribution in [-0.2, 0) is 13.6 Å². The van der Waals surface area contributed by atoms with E-state index in [1.807, 2.05) is 27.7 Å². The van der Waals surface area contributed by atoms with Crippen molar-refractivity contribution in [2.75, 3.05) is 0 Å². The summed E-state index contributed by atoms with van der Waals surface area (Å²) in [6, 6.07) is 6.63. The summed E-state index contributed by atoms with van der Waals surface area (Å²) in [6.45, 7) is 7.26. The smallest absolute Gasteiger partial charge is 0.304 e. The number of rotatable bonds is 8. The zero-order valence-corrected chi connectivity index (χ0v) is 16.6. The molecule has 4 nitrogen and oxygen atoms in total. The molecule has 25 heavy (non-hydrogen) atoms. The van der Waals surface area contributed by atoms with Crippen LogP contribution in [0.1, 0.15) is 71.1 Å². The highest BCUT2D eigenvalue weighted by atomic mass is 31.2. The van der Waals surface area contributed by atoms with Gasteiger partial charge in [0.1, 0.15) is 11.6 Å². The van der Waals surface area contributed by atoms with Crippen LogP contribution in [-0.4, -0.2) is 18.2 Å². The molecule has 1 aliphatic carbocycles. The molecule has 1 atom stereocenters. The van der Waals surface area contributed by atoms with Crippen LogP contribution in [0.5, 0.6) is 0 Å². The molecule has 1 fully saturated rings. The quantitative estimate of drug-likeness (QED) is 0.588. The second kappa shape index (κ2) is 9.27. The van der Waals surface area contributed by atoms with Crippen LogP contribution in [0.3, 0.4) is 0 Å². The lowest BCUT2D eigenvalue weighted by Gasteiger charge is -2.34. The van der Waals surface area contributed by atoms with E-state index in [0.29, 0.717) is 5.56 Å². The van der Waals surface area contributed by atoms with Crippen LogP contribution in [0.2, 0.25) is 0 Å². The standard InChI is InChI=1S/C19H31FNO3P/c1-14(2)23-25(22,24-15(3)4)19(17-12-8-9-13-18(17)20)21-16-10-6-5-7-11-16/h8-9,12-16,19,21H,5-7,10-11H2,1-4H3/t19-/m1/s1. The first-order chi connectivity index (χ1) is 11.8. The summed E-state index contributed by atoms with van der Waals surface area (Å²) in [5.74, 6) is -1.20. The summed E-state index contributed by atoms with van der Waals surface area (Å²) in [5, 5.41) is 3.41. The molecule has 0 radical (unpaired) electrons. The highest BCUT2D eigenvalue weighted by molar-refractivity contribution is 7.54. The van der Waals surface area contributed by atoms with Crippen LogP contribution in [0.4, 0.5) is 4.39 Å². The lowest BCUT2D eigenvalue weighted by molar-refractivity contribution is 0.131.